The predicted octanol–water partition coefficient (Wildman–Crippen LogP) is 5.91. The smallest absolute Gasteiger partial charge is 0.225 e. The summed E-state index contributed by atoms with van der Waals surface area (Å²) < 4.78 is 2.10. The minimum absolute atomic E-state index is 0.0930. The fraction of sp³-hybridized carbons (Fsp3) is 0.333. The van der Waals surface area contributed by atoms with Crippen LogP contribution in [0, 0.1) is 32.6 Å². The Hall–Kier alpha value is -3.77. The summed E-state index contributed by atoms with van der Waals surface area (Å²) in [4.78, 5) is 22.2. The molecule has 1 amide bonds. The summed E-state index contributed by atoms with van der Waals surface area (Å²) in [6, 6.07) is 15.7. The Morgan fingerprint density at radius 3 is 2.45 bits per heavy atom. The topological polar surface area (TPSA) is 89.4 Å². The van der Waals surface area contributed by atoms with E-state index in [4.69, 9.17) is 22.3 Å². The molecule has 0 bridgehead atoms. The molecule has 7 nitrogen and oxygen atoms in total. The maximum Gasteiger partial charge on any atom is 0.225 e. The van der Waals surface area contributed by atoms with Gasteiger partial charge in [-0.25, -0.2) is 0 Å². The first-order valence-corrected chi connectivity index (χ1v) is 15.5. The first-order valence-electron chi connectivity index (χ1n) is 14.3. The van der Waals surface area contributed by atoms with Crippen molar-refractivity contribution in [2.75, 3.05) is 19.6 Å². The van der Waals surface area contributed by atoms with Gasteiger partial charge in [0.25, 0.3) is 0 Å². The Morgan fingerprint density at radius 2 is 1.76 bits per heavy atom. The number of fused-ring (bicyclic) bond motifs is 3. The highest BCUT2D eigenvalue weighted by Crippen LogP contribution is 2.40. The minimum Gasteiger partial charge on any atom is -0.343 e. The van der Waals surface area contributed by atoms with Gasteiger partial charge in [-0.05, 0) is 74.9 Å². The van der Waals surface area contributed by atoms with Crippen molar-refractivity contribution in [1.29, 1.82) is 0 Å². The number of carbonyl (C=O) groups excluding carboxylic acids is 1. The van der Waals surface area contributed by atoms with Gasteiger partial charge in [-0.3, -0.25) is 14.4 Å². The van der Waals surface area contributed by atoms with Crippen molar-refractivity contribution in [3.05, 3.63) is 97.9 Å². The number of benzene rings is 2. The van der Waals surface area contributed by atoms with E-state index in [1.54, 1.807) is 11.3 Å². The highest BCUT2D eigenvalue weighted by molar-refractivity contribution is 7.15. The molecule has 0 spiro atoms. The van der Waals surface area contributed by atoms with Crippen molar-refractivity contribution in [1.82, 2.24) is 19.7 Å². The van der Waals surface area contributed by atoms with E-state index < -0.39 is 6.04 Å². The summed E-state index contributed by atoms with van der Waals surface area (Å²) in [5.41, 5.74) is 11.8. The standard InChI is InChI=1S/C33H33ClN6OS/c1-20-21(2)42-33-30(20)31(26-10-12-27(34)13-11-26)36-28(32-38-37-22(3)40(32)33)19-29(41)39-17-14-25(15-18-39)24-8-6-23(7-9-24)5-4-16-35/h6-13,25,28H,14-19,35H2,1-3H3/t28-/m0/s1. The Morgan fingerprint density at radius 1 is 1.05 bits per heavy atom. The Balaban J connectivity index is 1.25. The first-order chi connectivity index (χ1) is 20.3. The van der Waals surface area contributed by atoms with Crippen LogP contribution < -0.4 is 5.73 Å². The number of rotatable bonds is 4. The van der Waals surface area contributed by atoms with Gasteiger partial charge in [0, 0.05) is 39.7 Å². The van der Waals surface area contributed by atoms with Crippen molar-refractivity contribution in [2.45, 2.75) is 52.0 Å². The molecule has 0 saturated carbocycles. The number of likely N-dealkylation sites (tertiary alicyclic amines) is 1. The number of carbonyl (C=O) groups is 1. The molecule has 1 fully saturated rings. The molecule has 6 rings (SSSR count). The predicted molar refractivity (Wildman–Crippen MR) is 169 cm³/mol. The number of halogens is 1. The van der Waals surface area contributed by atoms with E-state index in [1.165, 1.54) is 16.0 Å². The van der Waals surface area contributed by atoms with Gasteiger partial charge in [-0.2, -0.15) is 0 Å². The van der Waals surface area contributed by atoms with Crippen LogP contribution in [0.15, 0.2) is 53.5 Å². The lowest BCUT2D eigenvalue weighted by atomic mass is 9.89. The normalized spacial score (nSPS) is 16.6. The molecule has 2 N–H and O–H groups in total. The second kappa shape index (κ2) is 11.8. The lowest BCUT2D eigenvalue weighted by Crippen LogP contribution is -2.38. The number of amides is 1. The summed E-state index contributed by atoms with van der Waals surface area (Å²) in [7, 11) is 0. The third-order valence-electron chi connectivity index (χ3n) is 8.29. The quantitative estimate of drug-likeness (QED) is 0.297. The molecule has 4 aromatic rings. The molecule has 9 heteroatoms. The molecule has 2 aliphatic rings. The van der Waals surface area contributed by atoms with Crippen LogP contribution >= 0.6 is 22.9 Å². The number of hydrogen-bond donors (Lipinski definition) is 1. The third-order valence-corrected chi connectivity index (χ3v) is 9.73. The van der Waals surface area contributed by atoms with E-state index in [2.05, 4.69) is 64.7 Å². The summed E-state index contributed by atoms with van der Waals surface area (Å²) >= 11 is 7.95. The largest absolute Gasteiger partial charge is 0.343 e. The highest BCUT2D eigenvalue weighted by atomic mass is 35.5. The molecule has 1 saturated heterocycles. The van der Waals surface area contributed by atoms with E-state index in [-0.39, 0.29) is 12.3 Å². The average molecular weight is 597 g/mol. The van der Waals surface area contributed by atoms with Crippen molar-refractivity contribution in [3.8, 4) is 16.8 Å². The van der Waals surface area contributed by atoms with Crippen LogP contribution in [0.3, 0.4) is 0 Å². The molecule has 2 aliphatic heterocycles. The van der Waals surface area contributed by atoms with Crippen molar-refractivity contribution < 1.29 is 4.79 Å². The summed E-state index contributed by atoms with van der Waals surface area (Å²) in [6.07, 6.45) is 2.09. The van der Waals surface area contributed by atoms with E-state index in [1.807, 2.05) is 36.1 Å². The molecule has 0 unspecified atom stereocenters. The fourth-order valence-electron chi connectivity index (χ4n) is 5.88. The summed E-state index contributed by atoms with van der Waals surface area (Å²) in [6.45, 7) is 8.01. The monoisotopic (exact) mass is 596 g/mol. The number of aliphatic imine (C=N–C) groups is 1. The molecular weight excluding hydrogens is 564 g/mol. The number of nitrogens with two attached hydrogens (primary N) is 1. The molecule has 42 heavy (non-hydrogen) atoms. The van der Waals surface area contributed by atoms with Gasteiger partial charge in [-0.1, -0.05) is 47.7 Å². The third kappa shape index (κ3) is 5.40. The molecule has 4 heterocycles. The Labute approximate surface area is 255 Å². The maximum absolute atomic E-state index is 13.8. The van der Waals surface area contributed by atoms with E-state index in [0.717, 1.165) is 59.2 Å². The number of nitrogens with zero attached hydrogens (tertiary/aromatic N) is 5. The van der Waals surface area contributed by atoms with Crippen LogP contribution in [0.4, 0.5) is 0 Å². The van der Waals surface area contributed by atoms with Crippen LogP contribution in [-0.4, -0.2) is 50.9 Å². The number of aryl methyl sites for hydroxylation is 2. The zero-order chi connectivity index (χ0) is 29.4. The molecule has 0 radical (unpaired) electrons. The lowest BCUT2D eigenvalue weighted by molar-refractivity contribution is -0.132. The van der Waals surface area contributed by atoms with Gasteiger partial charge in [0.05, 0.1) is 18.7 Å². The van der Waals surface area contributed by atoms with Crippen molar-refractivity contribution in [2.24, 2.45) is 10.7 Å². The number of thiophene rings is 1. The molecular formula is C33H33ClN6OS. The zero-order valence-corrected chi connectivity index (χ0v) is 25.6. The zero-order valence-electron chi connectivity index (χ0n) is 24.0. The van der Waals surface area contributed by atoms with Gasteiger partial charge in [0.2, 0.25) is 5.91 Å². The van der Waals surface area contributed by atoms with Crippen LogP contribution in [0.1, 0.15) is 75.6 Å². The molecule has 2 aromatic carbocycles. The van der Waals surface area contributed by atoms with Crippen LogP contribution in [-0.2, 0) is 4.79 Å². The fourth-order valence-corrected chi connectivity index (χ4v) is 7.22. The molecule has 1 atom stereocenters. The maximum atomic E-state index is 13.8. The summed E-state index contributed by atoms with van der Waals surface area (Å²) in [5, 5.41) is 10.7. The van der Waals surface area contributed by atoms with Crippen molar-refractivity contribution in [3.63, 3.8) is 0 Å². The van der Waals surface area contributed by atoms with Gasteiger partial charge in [-0.15, -0.1) is 21.5 Å². The molecule has 2 aromatic heterocycles. The number of aromatic nitrogens is 3. The van der Waals surface area contributed by atoms with E-state index in [0.29, 0.717) is 23.3 Å². The molecule has 214 valence electrons. The average Bonchev–Trinajstić information content (AvgIpc) is 3.48. The van der Waals surface area contributed by atoms with E-state index >= 15 is 0 Å². The first kappa shape index (κ1) is 28.4. The highest BCUT2D eigenvalue weighted by Gasteiger charge is 2.34. The van der Waals surface area contributed by atoms with Crippen LogP contribution in [0.25, 0.3) is 5.00 Å². The number of hydrogen-bond acceptors (Lipinski definition) is 6. The lowest BCUT2D eigenvalue weighted by Gasteiger charge is -2.33. The SMILES string of the molecule is Cc1sc2c(c1C)C(c1ccc(Cl)cc1)=N[C@@H](CC(=O)N1CCC(c3ccc(C#CCN)cc3)CC1)c1nnc(C)n1-2. The number of piperidine rings is 1. The van der Waals surface area contributed by atoms with Crippen molar-refractivity contribution >= 4 is 34.6 Å². The Kier molecular flexibility index (Phi) is 8.00. The van der Waals surface area contributed by atoms with Crippen LogP contribution in [0.2, 0.25) is 5.02 Å². The van der Waals surface area contributed by atoms with Gasteiger partial charge in [0.1, 0.15) is 16.9 Å². The summed E-state index contributed by atoms with van der Waals surface area (Å²) in [5.74, 6) is 7.99. The molecule has 0 aliphatic carbocycles. The second-order valence-electron chi connectivity index (χ2n) is 10.9. The van der Waals surface area contributed by atoms with Gasteiger partial charge in [0.15, 0.2) is 5.82 Å². The van der Waals surface area contributed by atoms with E-state index in [9.17, 15) is 4.79 Å². The van der Waals surface area contributed by atoms with Gasteiger partial charge >= 0.3 is 0 Å². The minimum atomic E-state index is -0.455. The van der Waals surface area contributed by atoms with Gasteiger partial charge < -0.3 is 10.6 Å². The second-order valence-corrected chi connectivity index (χ2v) is 12.5. The Bertz CT molecular complexity index is 1720. The van der Waals surface area contributed by atoms with Crippen LogP contribution in [0.5, 0.6) is 0 Å².